The van der Waals surface area contributed by atoms with Gasteiger partial charge in [-0.05, 0) is 24.3 Å². The minimum absolute atomic E-state index is 0.0640. The van der Waals surface area contributed by atoms with Crippen LogP contribution in [0.3, 0.4) is 0 Å². The molecule has 0 aromatic heterocycles. The van der Waals surface area contributed by atoms with E-state index >= 15 is 0 Å². The maximum absolute atomic E-state index is 13.1. The van der Waals surface area contributed by atoms with Crippen molar-refractivity contribution < 1.29 is 39.3 Å². The lowest BCUT2D eigenvalue weighted by atomic mass is 10.0. The predicted molar refractivity (Wildman–Crippen MR) is 125 cm³/mol. The van der Waals surface area contributed by atoms with Gasteiger partial charge >= 0.3 is 11.9 Å². The molecule has 3 amide bonds. The number of nitrogens with two attached hydrogens (primary N) is 1. The number of carboxylic acids is 2. The summed E-state index contributed by atoms with van der Waals surface area (Å²) in [5.74, 6) is -4.93. The maximum atomic E-state index is 13.1. The van der Waals surface area contributed by atoms with Gasteiger partial charge in [-0.1, -0.05) is 44.2 Å². The summed E-state index contributed by atoms with van der Waals surface area (Å²) in [6.45, 7) is 2.88. The number of aliphatic hydroxyl groups excluding tert-OH is 1. The Morgan fingerprint density at radius 3 is 1.91 bits per heavy atom. The SMILES string of the molecule is CC(C)CC(N)C(=O)NC(Cc1ccccc1)C(=O)NC(CCC(=O)O)C(=O)NC(CO)C(=O)O. The van der Waals surface area contributed by atoms with E-state index in [2.05, 4.69) is 16.0 Å². The van der Waals surface area contributed by atoms with Crippen LogP contribution in [-0.4, -0.2) is 75.8 Å². The summed E-state index contributed by atoms with van der Waals surface area (Å²) in [4.78, 5) is 60.5. The number of amides is 3. The van der Waals surface area contributed by atoms with E-state index in [1.807, 2.05) is 13.8 Å². The van der Waals surface area contributed by atoms with E-state index in [9.17, 15) is 24.0 Å². The first-order valence-corrected chi connectivity index (χ1v) is 11.2. The van der Waals surface area contributed by atoms with Crippen LogP contribution in [0.15, 0.2) is 30.3 Å². The van der Waals surface area contributed by atoms with Crippen molar-refractivity contribution in [3.8, 4) is 0 Å². The van der Waals surface area contributed by atoms with E-state index in [4.69, 9.17) is 21.1 Å². The summed E-state index contributed by atoms with van der Waals surface area (Å²) < 4.78 is 0. The zero-order chi connectivity index (χ0) is 26.5. The number of rotatable bonds is 15. The largest absolute Gasteiger partial charge is 0.481 e. The lowest BCUT2D eigenvalue weighted by Crippen LogP contribution is -2.58. The second-order valence-electron chi connectivity index (χ2n) is 8.56. The Kier molecular flexibility index (Phi) is 12.4. The van der Waals surface area contributed by atoms with Crippen LogP contribution >= 0.6 is 0 Å². The van der Waals surface area contributed by atoms with Crippen molar-refractivity contribution in [2.45, 2.75) is 63.7 Å². The van der Waals surface area contributed by atoms with Gasteiger partial charge in [0, 0.05) is 12.8 Å². The molecule has 0 bridgehead atoms. The molecule has 1 aromatic carbocycles. The number of hydrogen-bond acceptors (Lipinski definition) is 7. The monoisotopic (exact) mass is 494 g/mol. The van der Waals surface area contributed by atoms with Crippen molar-refractivity contribution >= 4 is 29.7 Å². The highest BCUT2D eigenvalue weighted by Crippen LogP contribution is 2.08. The fraction of sp³-hybridized carbons (Fsp3) is 0.522. The predicted octanol–water partition coefficient (Wildman–Crippen LogP) is -1.00. The fourth-order valence-corrected chi connectivity index (χ4v) is 3.22. The van der Waals surface area contributed by atoms with Crippen LogP contribution < -0.4 is 21.7 Å². The Labute approximate surface area is 203 Å². The zero-order valence-electron chi connectivity index (χ0n) is 19.8. The van der Waals surface area contributed by atoms with Crippen LogP contribution in [0.5, 0.6) is 0 Å². The third-order valence-electron chi connectivity index (χ3n) is 5.05. The van der Waals surface area contributed by atoms with Crippen molar-refractivity contribution in [1.29, 1.82) is 0 Å². The summed E-state index contributed by atoms with van der Waals surface area (Å²) >= 11 is 0. The third kappa shape index (κ3) is 11.0. The molecule has 0 heterocycles. The summed E-state index contributed by atoms with van der Waals surface area (Å²) in [6, 6.07) is 3.70. The first-order valence-electron chi connectivity index (χ1n) is 11.2. The minimum atomic E-state index is -1.64. The van der Waals surface area contributed by atoms with Gasteiger partial charge in [0.1, 0.15) is 18.1 Å². The van der Waals surface area contributed by atoms with Gasteiger partial charge in [-0.15, -0.1) is 0 Å². The molecule has 1 aromatic rings. The van der Waals surface area contributed by atoms with Crippen LogP contribution in [0.2, 0.25) is 0 Å². The van der Waals surface area contributed by atoms with Crippen molar-refractivity contribution in [2.75, 3.05) is 6.61 Å². The number of aliphatic carboxylic acids is 2. The summed E-state index contributed by atoms with van der Waals surface area (Å²) in [5, 5.41) is 34.3. The molecule has 0 radical (unpaired) electrons. The summed E-state index contributed by atoms with van der Waals surface area (Å²) in [6.07, 6.45) is -0.394. The molecule has 8 N–H and O–H groups in total. The Hall–Kier alpha value is -3.51. The van der Waals surface area contributed by atoms with Crippen LogP contribution in [0.1, 0.15) is 38.7 Å². The van der Waals surface area contributed by atoms with E-state index in [0.717, 1.165) is 0 Å². The summed E-state index contributed by atoms with van der Waals surface area (Å²) in [7, 11) is 0. The van der Waals surface area contributed by atoms with Gasteiger partial charge in [-0.2, -0.15) is 0 Å². The van der Waals surface area contributed by atoms with E-state index in [1.54, 1.807) is 30.3 Å². The van der Waals surface area contributed by atoms with Gasteiger partial charge in [0.05, 0.1) is 12.6 Å². The topological polar surface area (TPSA) is 208 Å². The average Bonchev–Trinajstić information content (AvgIpc) is 2.79. The zero-order valence-corrected chi connectivity index (χ0v) is 19.8. The average molecular weight is 495 g/mol. The van der Waals surface area contributed by atoms with Crippen molar-refractivity contribution in [1.82, 2.24) is 16.0 Å². The highest BCUT2D eigenvalue weighted by atomic mass is 16.4. The first-order chi connectivity index (χ1) is 16.4. The number of carboxylic acid groups (broad SMARTS) is 2. The Morgan fingerprint density at radius 1 is 0.857 bits per heavy atom. The van der Waals surface area contributed by atoms with Gasteiger partial charge in [0.15, 0.2) is 0 Å². The highest BCUT2D eigenvalue weighted by molar-refractivity contribution is 5.94. The van der Waals surface area contributed by atoms with Gasteiger partial charge in [0.2, 0.25) is 17.7 Å². The molecule has 4 unspecified atom stereocenters. The molecule has 0 fully saturated rings. The number of nitrogens with one attached hydrogen (secondary N) is 3. The molecule has 0 saturated carbocycles. The Bertz CT molecular complexity index is 878. The van der Waals surface area contributed by atoms with E-state index in [-0.39, 0.29) is 18.8 Å². The second-order valence-corrected chi connectivity index (χ2v) is 8.56. The minimum Gasteiger partial charge on any atom is -0.481 e. The molecule has 0 aliphatic carbocycles. The maximum Gasteiger partial charge on any atom is 0.328 e. The lowest BCUT2D eigenvalue weighted by Gasteiger charge is -2.25. The van der Waals surface area contributed by atoms with Crippen molar-refractivity contribution in [3.05, 3.63) is 35.9 Å². The molecule has 35 heavy (non-hydrogen) atoms. The molecule has 0 aliphatic rings. The molecule has 0 aliphatic heterocycles. The van der Waals surface area contributed by atoms with Crippen LogP contribution in [-0.2, 0) is 30.4 Å². The molecule has 4 atom stereocenters. The van der Waals surface area contributed by atoms with E-state index < -0.39 is 66.9 Å². The number of hydrogen-bond donors (Lipinski definition) is 7. The van der Waals surface area contributed by atoms with Crippen LogP contribution in [0.4, 0.5) is 0 Å². The lowest BCUT2D eigenvalue weighted by molar-refractivity contribution is -0.144. The highest BCUT2D eigenvalue weighted by Gasteiger charge is 2.30. The van der Waals surface area contributed by atoms with Crippen LogP contribution in [0.25, 0.3) is 0 Å². The molecule has 12 heteroatoms. The molecular formula is C23H34N4O8. The van der Waals surface area contributed by atoms with Gasteiger partial charge in [-0.25, -0.2) is 4.79 Å². The number of benzene rings is 1. The molecular weight excluding hydrogens is 460 g/mol. The Balaban J connectivity index is 3.09. The second kappa shape index (κ2) is 14.7. The smallest absolute Gasteiger partial charge is 0.328 e. The summed E-state index contributed by atoms with van der Waals surface area (Å²) in [5.41, 5.74) is 6.65. The van der Waals surface area contributed by atoms with Crippen molar-refractivity contribution in [3.63, 3.8) is 0 Å². The molecule has 194 valence electrons. The van der Waals surface area contributed by atoms with Crippen LogP contribution in [0, 0.1) is 5.92 Å². The van der Waals surface area contributed by atoms with E-state index in [0.29, 0.717) is 12.0 Å². The van der Waals surface area contributed by atoms with Gasteiger partial charge < -0.3 is 37.0 Å². The molecule has 12 nitrogen and oxygen atoms in total. The Morgan fingerprint density at radius 2 is 1.40 bits per heavy atom. The van der Waals surface area contributed by atoms with Gasteiger partial charge in [-0.3, -0.25) is 19.2 Å². The first kappa shape index (κ1) is 29.5. The number of carbonyl (C=O) groups excluding carboxylic acids is 3. The normalized spacial score (nSPS) is 14.3. The number of carbonyl (C=O) groups is 5. The van der Waals surface area contributed by atoms with Gasteiger partial charge in [0.25, 0.3) is 0 Å². The fourth-order valence-electron chi connectivity index (χ4n) is 3.22. The third-order valence-corrected chi connectivity index (χ3v) is 5.05. The van der Waals surface area contributed by atoms with E-state index in [1.165, 1.54) is 0 Å². The molecule has 1 rings (SSSR count). The molecule has 0 spiro atoms. The van der Waals surface area contributed by atoms with Crippen molar-refractivity contribution in [2.24, 2.45) is 11.7 Å². The standard InChI is InChI=1S/C23H34N4O8/c1-13(2)10-15(24)20(31)26-17(11-14-6-4-3-5-7-14)22(33)25-16(8-9-19(29)30)21(32)27-18(12-28)23(34)35/h3-7,13,15-18,28H,8-12,24H2,1-2H3,(H,25,33)(H,26,31)(H,27,32)(H,29,30)(H,34,35). The molecule has 0 saturated heterocycles. The number of aliphatic hydroxyl groups is 1. The quantitative estimate of drug-likeness (QED) is 0.159.